The van der Waals surface area contributed by atoms with Crippen molar-refractivity contribution in [3.05, 3.63) is 88.7 Å². The number of hydrogen-bond donors (Lipinski definition) is 2. The molecular weight excluding hydrogens is 683 g/mol. The molecule has 3 heterocycles. The van der Waals surface area contributed by atoms with Gasteiger partial charge in [-0.1, -0.05) is 36.1 Å². The number of thioether (sulfide) groups is 1. The molecule has 0 radical (unpaired) electrons. The summed E-state index contributed by atoms with van der Waals surface area (Å²) < 4.78 is 77.8. The van der Waals surface area contributed by atoms with E-state index in [4.69, 9.17) is 9.47 Å². The smallest absolute Gasteiger partial charge is 0.265 e. The molecule has 0 amide bonds. The van der Waals surface area contributed by atoms with Gasteiger partial charge in [0.05, 0.1) is 42.5 Å². The maximum atomic E-state index is 11.4. The fourth-order valence-electron chi connectivity index (χ4n) is 4.78. The van der Waals surface area contributed by atoms with E-state index >= 15 is 0 Å². The first-order valence-corrected chi connectivity index (χ1v) is 19.6. The van der Waals surface area contributed by atoms with Crippen molar-refractivity contribution in [1.82, 2.24) is 4.98 Å². The van der Waals surface area contributed by atoms with Crippen LogP contribution in [0.4, 0.5) is 5.69 Å². The topological polar surface area (TPSA) is 147 Å². The van der Waals surface area contributed by atoms with Gasteiger partial charge in [0.15, 0.2) is 6.54 Å². The number of anilines is 1. The van der Waals surface area contributed by atoms with Gasteiger partial charge in [-0.05, 0) is 60.9 Å². The maximum absolute atomic E-state index is 11.4. The lowest BCUT2D eigenvalue weighted by atomic mass is 10.2. The van der Waals surface area contributed by atoms with Crippen LogP contribution in [0.5, 0.6) is 11.5 Å². The van der Waals surface area contributed by atoms with Crippen LogP contribution in [0.3, 0.4) is 0 Å². The highest BCUT2D eigenvalue weighted by Crippen LogP contribution is 2.48. The molecule has 2 aromatic heterocycles. The molecule has 0 saturated heterocycles. The molecule has 0 bridgehead atoms. The number of nitrogens with zero attached hydrogens (tertiary/aromatic N) is 3. The molecule has 15 heteroatoms. The molecule has 5 rings (SSSR count). The maximum Gasteiger partial charge on any atom is 0.265 e. The molecule has 4 aromatic rings. The summed E-state index contributed by atoms with van der Waals surface area (Å²) >= 11 is 3.14. The van der Waals surface area contributed by atoms with Gasteiger partial charge in [0.25, 0.3) is 25.2 Å². The SMILES string of the molecule is CCC(=Cc1sc2ccc(OC)cc2[n+]1CCCS(=O)(=O)O)C=C1Sc2ccc(OC)cc2N1CCCS(=O)(=O)O.c1ccncc1. The molecule has 11 nitrogen and oxygen atoms in total. The average molecular weight is 721 g/mol. The van der Waals surface area contributed by atoms with E-state index in [1.807, 2.05) is 71.0 Å². The number of benzene rings is 2. The summed E-state index contributed by atoms with van der Waals surface area (Å²) in [5.74, 6) is 0.685. The van der Waals surface area contributed by atoms with E-state index in [1.54, 1.807) is 49.7 Å². The van der Waals surface area contributed by atoms with E-state index in [-0.39, 0.29) is 24.3 Å². The molecule has 0 spiro atoms. The fourth-order valence-corrected chi connectivity index (χ4v) is 8.06. The number of fused-ring (bicyclic) bond motifs is 2. The zero-order valence-corrected chi connectivity index (χ0v) is 29.5. The predicted molar refractivity (Wildman–Crippen MR) is 187 cm³/mol. The summed E-state index contributed by atoms with van der Waals surface area (Å²) in [5.41, 5.74) is 2.82. The number of thiazole rings is 1. The minimum absolute atomic E-state index is 0.241. The third kappa shape index (κ3) is 10.8. The first-order chi connectivity index (χ1) is 22.4. The largest absolute Gasteiger partial charge is 0.497 e. The lowest BCUT2D eigenvalue weighted by Gasteiger charge is -2.21. The first kappa shape index (κ1) is 36.4. The summed E-state index contributed by atoms with van der Waals surface area (Å²) in [4.78, 5) is 6.83. The van der Waals surface area contributed by atoms with Crippen LogP contribution in [0.25, 0.3) is 16.3 Å². The Bertz CT molecular complexity index is 1920. The van der Waals surface area contributed by atoms with Crippen LogP contribution in [0.2, 0.25) is 0 Å². The predicted octanol–water partition coefficient (Wildman–Crippen LogP) is 6.09. The monoisotopic (exact) mass is 720 g/mol. The molecule has 0 atom stereocenters. The summed E-state index contributed by atoms with van der Waals surface area (Å²) in [7, 11) is -4.99. The van der Waals surface area contributed by atoms with Gasteiger partial charge in [0.1, 0.15) is 16.2 Å². The van der Waals surface area contributed by atoms with Crippen molar-refractivity contribution in [2.75, 3.05) is 37.2 Å². The van der Waals surface area contributed by atoms with Gasteiger partial charge in [-0.15, -0.1) is 0 Å². The average Bonchev–Trinajstić information content (AvgIpc) is 3.56. The van der Waals surface area contributed by atoms with Crippen molar-refractivity contribution in [1.29, 1.82) is 0 Å². The molecule has 0 saturated carbocycles. The molecule has 0 fully saturated rings. The zero-order valence-electron chi connectivity index (χ0n) is 26.3. The molecule has 252 valence electrons. The minimum atomic E-state index is -4.08. The number of pyridine rings is 1. The van der Waals surface area contributed by atoms with Gasteiger partial charge in [-0.2, -0.15) is 21.4 Å². The highest BCUT2D eigenvalue weighted by Gasteiger charge is 2.27. The van der Waals surface area contributed by atoms with Crippen molar-refractivity contribution in [3.63, 3.8) is 0 Å². The van der Waals surface area contributed by atoms with Crippen molar-refractivity contribution in [3.8, 4) is 11.5 Å². The number of hydrogen-bond acceptors (Lipinski definition) is 10. The van der Waals surface area contributed by atoms with E-state index in [2.05, 4.69) is 17.1 Å². The third-order valence-electron chi connectivity index (χ3n) is 7.04. The van der Waals surface area contributed by atoms with Crippen LogP contribution in [0.15, 0.2) is 88.6 Å². The van der Waals surface area contributed by atoms with Crippen LogP contribution < -0.4 is 18.9 Å². The van der Waals surface area contributed by atoms with E-state index < -0.39 is 20.2 Å². The van der Waals surface area contributed by atoms with Crippen molar-refractivity contribution in [2.24, 2.45) is 0 Å². The second-order valence-corrected chi connectivity index (χ2v) is 15.6. The molecule has 2 aromatic carbocycles. The highest BCUT2D eigenvalue weighted by atomic mass is 32.2. The van der Waals surface area contributed by atoms with Crippen molar-refractivity contribution >= 4 is 65.3 Å². The molecule has 0 unspecified atom stereocenters. The first-order valence-electron chi connectivity index (χ1n) is 14.7. The highest BCUT2D eigenvalue weighted by molar-refractivity contribution is 8.03. The van der Waals surface area contributed by atoms with Gasteiger partial charge in [0, 0.05) is 42.4 Å². The third-order valence-corrected chi connectivity index (χ3v) is 10.9. The number of allylic oxidation sites excluding steroid dienone is 2. The molecule has 0 aliphatic carbocycles. The van der Waals surface area contributed by atoms with Gasteiger partial charge in [-0.3, -0.25) is 14.1 Å². The Morgan fingerprint density at radius 1 is 0.936 bits per heavy atom. The number of ether oxygens (including phenoxy) is 2. The number of rotatable bonds is 13. The van der Waals surface area contributed by atoms with E-state index in [0.29, 0.717) is 31.0 Å². The van der Waals surface area contributed by atoms with Crippen LogP contribution in [-0.4, -0.2) is 63.2 Å². The van der Waals surface area contributed by atoms with Crippen LogP contribution in [-0.2, 0) is 26.8 Å². The van der Waals surface area contributed by atoms with Gasteiger partial charge >= 0.3 is 0 Å². The van der Waals surface area contributed by atoms with Gasteiger partial charge in [-0.25, -0.2) is 0 Å². The number of aryl methyl sites for hydroxylation is 1. The van der Waals surface area contributed by atoms with Crippen molar-refractivity contribution < 1.29 is 40.0 Å². The van der Waals surface area contributed by atoms with Crippen molar-refractivity contribution in [2.45, 2.75) is 37.6 Å². The molecule has 47 heavy (non-hydrogen) atoms. The van der Waals surface area contributed by atoms with Crippen LogP contribution in [0.1, 0.15) is 31.2 Å². The van der Waals surface area contributed by atoms with E-state index in [1.165, 1.54) is 0 Å². The second kappa shape index (κ2) is 16.6. The summed E-state index contributed by atoms with van der Waals surface area (Å²) in [6.07, 6.45) is 8.82. The standard InChI is InChI=1S/C27H32N2O8S4.C5H5N/c1-4-19(15-26-28(11-5-13-40(30,31)32)22-17-20(36-2)7-9-24(22)38-26)16-27-29(12-6-14-41(33,34)35)23-18-21(37-3)8-10-25(23)39-27;1-2-4-6-5-3-1/h7-10,15-18H,4-6,11-14H2,1-3H3,(H-,30,31,32,33,34,35);1-5H/p+1. The van der Waals surface area contributed by atoms with Gasteiger partial charge < -0.3 is 14.4 Å². The minimum Gasteiger partial charge on any atom is -0.497 e. The number of methoxy groups -OCH3 is 2. The molecule has 2 N–H and O–H groups in total. The zero-order chi connectivity index (χ0) is 34.0. The normalized spacial score (nSPS) is 14.2. The van der Waals surface area contributed by atoms with E-state index in [9.17, 15) is 25.9 Å². The van der Waals surface area contributed by atoms with Crippen LogP contribution in [0, 0.1) is 0 Å². The molecular formula is C32H38N3O8S4+. The van der Waals surface area contributed by atoms with E-state index in [0.717, 1.165) is 36.4 Å². The van der Waals surface area contributed by atoms with Crippen LogP contribution >= 0.6 is 23.1 Å². The summed E-state index contributed by atoms with van der Waals surface area (Å²) in [6, 6.07) is 17.2. The Labute approximate surface area is 284 Å². The second-order valence-electron chi connectivity index (χ2n) is 10.4. The number of aromatic nitrogens is 2. The Morgan fingerprint density at radius 2 is 1.60 bits per heavy atom. The molecule has 1 aliphatic rings. The van der Waals surface area contributed by atoms with Gasteiger partial charge in [0.2, 0.25) is 5.52 Å². The Morgan fingerprint density at radius 3 is 2.19 bits per heavy atom. The Kier molecular flexibility index (Phi) is 12.8. The lowest BCUT2D eigenvalue weighted by Crippen LogP contribution is -2.36. The Hall–Kier alpha value is -3.47. The lowest BCUT2D eigenvalue weighted by molar-refractivity contribution is -0.668. The fraction of sp³-hybridized carbons (Fsp3) is 0.312. The summed E-state index contributed by atoms with van der Waals surface area (Å²) in [6.45, 7) is 2.81. The summed E-state index contributed by atoms with van der Waals surface area (Å²) in [5, 5.41) is 1.83. The Balaban J connectivity index is 0.000000748. The molecule has 1 aliphatic heterocycles. The quantitative estimate of drug-likeness (QED) is 0.122.